The van der Waals surface area contributed by atoms with E-state index in [2.05, 4.69) is 11.9 Å². The van der Waals surface area contributed by atoms with Crippen molar-refractivity contribution in [3.05, 3.63) is 47.8 Å². The Morgan fingerprint density at radius 1 is 1.16 bits per heavy atom. The lowest BCUT2D eigenvalue weighted by atomic mass is 9.99. The van der Waals surface area contributed by atoms with E-state index in [-0.39, 0.29) is 11.6 Å². The topological polar surface area (TPSA) is 12.0 Å². The fraction of sp³-hybridized carbons (Fsp3) is 0.467. The van der Waals surface area contributed by atoms with E-state index in [1.807, 2.05) is 6.08 Å². The molecule has 0 saturated carbocycles. The molecule has 106 valence electrons. The van der Waals surface area contributed by atoms with Crippen LogP contribution in [0.2, 0.25) is 0 Å². The van der Waals surface area contributed by atoms with Crippen molar-refractivity contribution in [2.24, 2.45) is 0 Å². The first-order chi connectivity index (χ1) is 9.11. The Balaban J connectivity index is 2.64. The zero-order valence-corrected chi connectivity index (χ0v) is 11.2. The molecule has 19 heavy (non-hydrogen) atoms. The standard InChI is InChI=1S/C15H20F3N/c1-3-4-5-6-7-8-13(19-2)11-9-10-12(16)15(18)14(11)17/h3,9-10,13,19H,1,4-8H2,2H3. The van der Waals surface area contributed by atoms with Gasteiger partial charge in [0, 0.05) is 11.6 Å². The van der Waals surface area contributed by atoms with Gasteiger partial charge in [-0.1, -0.05) is 25.0 Å². The quantitative estimate of drug-likeness (QED) is 0.417. The lowest BCUT2D eigenvalue weighted by Gasteiger charge is -2.17. The molecule has 0 amide bonds. The fourth-order valence-corrected chi connectivity index (χ4v) is 2.08. The summed E-state index contributed by atoms with van der Waals surface area (Å²) in [6, 6.07) is 1.98. The van der Waals surface area contributed by atoms with Gasteiger partial charge in [0.25, 0.3) is 0 Å². The van der Waals surface area contributed by atoms with Crippen LogP contribution in [0.25, 0.3) is 0 Å². The van der Waals surface area contributed by atoms with Gasteiger partial charge < -0.3 is 5.32 Å². The zero-order valence-electron chi connectivity index (χ0n) is 11.2. The van der Waals surface area contributed by atoms with Crippen LogP contribution < -0.4 is 5.32 Å². The van der Waals surface area contributed by atoms with Gasteiger partial charge in [0.1, 0.15) is 0 Å². The summed E-state index contributed by atoms with van der Waals surface area (Å²) in [5.41, 5.74) is 0.185. The number of allylic oxidation sites excluding steroid dienone is 1. The van der Waals surface area contributed by atoms with E-state index < -0.39 is 17.5 Å². The molecule has 0 bridgehead atoms. The molecule has 0 spiro atoms. The molecule has 1 rings (SSSR count). The van der Waals surface area contributed by atoms with Gasteiger partial charge in [0.2, 0.25) is 0 Å². The number of halogens is 3. The van der Waals surface area contributed by atoms with Crippen LogP contribution in [0, 0.1) is 17.5 Å². The Hall–Kier alpha value is -1.29. The van der Waals surface area contributed by atoms with Crippen LogP contribution in [0.1, 0.15) is 43.7 Å². The number of rotatable bonds is 8. The van der Waals surface area contributed by atoms with Gasteiger partial charge in [-0.2, -0.15) is 0 Å². The average molecular weight is 271 g/mol. The molecular weight excluding hydrogens is 251 g/mol. The van der Waals surface area contributed by atoms with Gasteiger partial charge in [0.15, 0.2) is 17.5 Å². The molecule has 1 aromatic rings. The SMILES string of the molecule is C=CCCCCCC(NC)c1ccc(F)c(F)c1F. The van der Waals surface area contributed by atoms with Crippen LogP contribution in [0.5, 0.6) is 0 Å². The van der Waals surface area contributed by atoms with Crippen molar-refractivity contribution in [3.63, 3.8) is 0 Å². The van der Waals surface area contributed by atoms with Crippen molar-refractivity contribution in [1.82, 2.24) is 5.32 Å². The second-order valence-electron chi connectivity index (χ2n) is 4.53. The molecule has 1 atom stereocenters. The van der Waals surface area contributed by atoms with E-state index in [1.54, 1.807) is 7.05 Å². The molecule has 0 aromatic heterocycles. The minimum Gasteiger partial charge on any atom is -0.313 e. The maximum Gasteiger partial charge on any atom is 0.194 e. The van der Waals surface area contributed by atoms with Crippen LogP contribution in [0.15, 0.2) is 24.8 Å². The number of hydrogen-bond donors (Lipinski definition) is 1. The van der Waals surface area contributed by atoms with E-state index in [0.717, 1.165) is 31.7 Å². The summed E-state index contributed by atoms with van der Waals surface area (Å²) in [6.07, 6.45) is 6.47. The predicted molar refractivity (Wildman–Crippen MR) is 71.4 cm³/mol. The van der Waals surface area contributed by atoms with E-state index in [1.165, 1.54) is 6.07 Å². The number of nitrogens with one attached hydrogen (secondary N) is 1. The van der Waals surface area contributed by atoms with E-state index in [0.29, 0.717) is 6.42 Å². The summed E-state index contributed by atoms with van der Waals surface area (Å²) in [4.78, 5) is 0. The minimum atomic E-state index is -1.40. The van der Waals surface area contributed by atoms with Crippen LogP contribution >= 0.6 is 0 Å². The van der Waals surface area contributed by atoms with E-state index in [9.17, 15) is 13.2 Å². The Labute approximate surface area is 112 Å². The molecular formula is C15H20F3N. The predicted octanol–water partition coefficient (Wildman–Crippen LogP) is 4.50. The van der Waals surface area contributed by atoms with Gasteiger partial charge >= 0.3 is 0 Å². The molecule has 0 aliphatic carbocycles. The molecule has 0 aliphatic heterocycles. The lowest BCUT2D eigenvalue weighted by Crippen LogP contribution is -2.18. The third-order valence-corrected chi connectivity index (χ3v) is 3.19. The molecule has 1 N–H and O–H groups in total. The molecule has 0 fully saturated rings. The molecule has 4 heteroatoms. The molecule has 0 heterocycles. The van der Waals surface area contributed by atoms with Gasteiger partial charge in [-0.25, -0.2) is 13.2 Å². The van der Waals surface area contributed by atoms with Crippen molar-refractivity contribution in [2.75, 3.05) is 7.05 Å². The van der Waals surface area contributed by atoms with E-state index >= 15 is 0 Å². The van der Waals surface area contributed by atoms with Crippen molar-refractivity contribution in [3.8, 4) is 0 Å². The zero-order chi connectivity index (χ0) is 14.3. The van der Waals surface area contributed by atoms with Gasteiger partial charge in [-0.05, 0) is 32.4 Å². The molecule has 0 aliphatic rings. The van der Waals surface area contributed by atoms with Crippen LogP contribution in [-0.2, 0) is 0 Å². The van der Waals surface area contributed by atoms with Crippen molar-refractivity contribution in [1.29, 1.82) is 0 Å². The highest BCUT2D eigenvalue weighted by atomic mass is 19.2. The largest absolute Gasteiger partial charge is 0.313 e. The summed E-state index contributed by atoms with van der Waals surface area (Å²) < 4.78 is 39.7. The highest BCUT2D eigenvalue weighted by Gasteiger charge is 2.19. The maximum absolute atomic E-state index is 13.7. The molecule has 1 nitrogen and oxygen atoms in total. The number of hydrogen-bond acceptors (Lipinski definition) is 1. The molecule has 1 unspecified atom stereocenters. The first-order valence-corrected chi connectivity index (χ1v) is 6.53. The summed E-state index contributed by atoms with van der Waals surface area (Å²) in [6.45, 7) is 3.65. The molecule has 0 radical (unpaired) electrons. The Kier molecular flexibility index (Phi) is 6.64. The highest BCUT2D eigenvalue weighted by molar-refractivity contribution is 5.23. The second kappa shape index (κ2) is 8.00. The summed E-state index contributed by atoms with van der Waals surface area (Å²) >= 11 is 0. The number of unbranched alkanes of at least 4 members (excludes halogenated alkanes) is 3. The Morgan fingerprint density at radius 2 is 1.89 bits per heavy atom. The third-order valence-electron chi connectivity index (χ3n) is 3.19. The summed E-state index contributed by atoms with van der Waals surface area (Å²) in [7, 11) is 1.69. The molecule has 1 aromatic carbocycles. The van der Waals surface area contributed by atoms with Crippen LogP contribution in [-0.4, -0.2) is 7.05 Å². The lowest BCUT2D eigenvalue weighted by molar-refractivity contribution is 0.420. The smallest absolute Gasteiger partial charge is 0.194 e. The Bertz CT molecular complexity index is 418. The van der Waals surface area contributed by atoms with Crippen LogP contribution in [0.3, 0.4) is 0 Å². The van der Waals surface area contributed by atoms with Crippen LogP contribution in [0.4, 0.5) is 13.2 Å². The first kappa shape index (κ1) is 15.8. The highest BCUT2D eigenvalue weighted by Crippen LogP contribution is 2.25. The normalized spacial score (nSPS) is 12.4. The third kappa shape index (κ3) is 4.39. The summed E-state index contributed by atoms with van der Waals surface area (Å²) in [5, 5.41) is 2.95. The Morgan fingerprint density at radius 3 is 2.53 bits per heavy atom. The number of benzene rings is 1. The minimum absolute atomic E-state index is 0.185. The fourth-order valence-electron chi connectivity index (χ4n) is 2.08. The molecule has 0 saturated heterocycles. The monoisotopic (exact) mass is 271 g/mol. The van der Waals surface area contributed by atoms with Gasteiger partial charge in [-0.3, -0.25) is 0 Å². The van der Waals surface area contributed by atoms with E-state index in [4.69, 9.17) is 0 Å². The van der Waals surface area contributed by atoms with Gasteiger partial charge in [-0.15, -0.1) is 6.58 Å². The van der Waals surface area contributed by atoms with Crippen molar-refractivity contribution in [2.45, 2.75) is 38.1 Å². The second-order valence-corrected chi connectivity index (χ2v) is 4.53. The average Bonchev–Trinajstić information content (AvgIpc) is 2.41. The van der Waals surface area contributed by atoms with Crippen molar-refractivity contribution >= 4 is 0 Å². The first-order valence-electron chi connectivity index (χ1n) is 6.53. The van der Waals surface area contributed by atoms with Crippen molar-refractivity contribution < 1.29 is 13.2 Å². The summed E-state index contributed by atoms with van der Waals surface area (Å²) in [5.74, 6) is -3.64. The maximum atomic E-state index is 13.7. The van der Waals surface area contributed by atoms with Gasteiger partial charge in [0.05, 0.1) is 0 Å².